The van der Waals surface area contributed by atoms with Gasteiger partial charge in [0, 0.05) is 23.4 Å². The number of phenols is 1. The summed E-state index contributed by atoms with van der Waals surface area (Å²) in [5.41, 5.74) is 0.703. The molecule has 2 rings (SSSR count). The Morgan fingerprint density at radius 1 is 1.29 bits per heavy atom. The van der Waals surface area contributed by atoms with Crippen molar-refractivity contribution in [1.29, 1.82) is 0 Å². The first-order valence-corrected chi connectivity index (χ1v) is 8.84. The second kappa shape index (κ2) is 8.15. The Labute approximate surface area is 146 Å². The summed E-state index contributed by atoms with van der Waals surface area (Å²) in [5.74, 6) is -0.277. The maximum atomic E-state index is 13.4. The molecule has 0 radical (unpaired) electrons. The molecule has 0 saturated carbocycles. The Morgan fingerprint density at radius 2 is 2.08 bits per heavy atom. The van der Waals surface area contributed by atoms with Gasteiger partial charge in [-0.05, 0) is 36.1 Å². The van der Waals surface area contributed by atoms with Gasteiger partial charge in [-0.1, -0.05) is 26.0 Å². The Hall–Kier alpha value is -2.08. The third-order valence-electron chi connectivity index (χ3n) is 3.66. The molecule has 0 spiro atoms. The van der Waals surface area contributed by atoms with Crippen LogP contribution in [0.3, 0.4) is 0 Å². The lowest BCUT2D eigenvalue weighted by atomic mass is 9.91. The van der Waals surface area contributed by atoms with E-state index in [0.717, 1.165) is 13.1 Å². The summed E-state index contributed by atoms with van der Waals surface area (Å²) in [6.07, 6.45) is 0. The fraction of sp³-hybridized carbons (Fsp3) is 0.389. The number of rotatable bonds is 6. The molecule has 0 atom stereocenters. The van der Waals surface area contributed by atoms with E-state index >= 15 is 0 Å². The minimum absolute atomic E-state index is 0.00496. The number of aliphatic imine (C=N–C) groups is 1. The number of guanidine groups is 1. The topological polar surface area (TPSA) is 56.7 Å². The monoisotopic (exact) mass is 349 g/mol. The largest absolute Gasteiger partial charge is 0.505 e. The van der Waals surface area contributed by atoms with Crippen LogP contribution in [0.25, 0.3) is 0 Å². The van der Waals surface area contributed by atoms with E-state index in [0.29, 0.717) is 18.1 Å². The zero-order valence-corrected chi connectivity index (χ0v) is 15.1. The van der Waals surface area contributed by atoms with Crippen molar-refractivity contribution in [3.63, 3.8) is 0 Å². The molecule has 1 aromatic heterocycles. The van der Waals surface area contributed by atoms with Crippen molar-refractivity contribution in [2.24, 2.45) is 4.99 Å². The summed E-state index contributed by atoms with van der Waals surface area (Å²) in [4.78, 5) is 5.80. The second-order valence-corrected chi connectivity index (χ2v) is 7.14. The molecule has 1 aromatic carbocycles. The van der Waals surface area contributed by atoms with Gasteiger partial charge in [0.1, 0.15) is 0 Å². The number of halogens is 1. The lowest BCUT2D eigenvalue weighted by Gasteiger charge is -2.25. The predicted octanol–water partition coefficient (Wildman–Crippen LogP) is 3.63. The van der Waals surface area contributed by atoms with Gasteiger partial charge in [-0.25, -0.2) is 9.38 Å². The first kappa shape index (κ1) is 18.3. The molecule has 1 heterocycles. The standard InChI is InChI=1S/C18H24FN3OS/c1-4-20-17(21-11-13-7-8-15(23)14(19)10-13)22-12-18(2,3)16-6-5-9-24-16/h5-10,23H,4,11-12H2,1-3H3,(H2,20,21,22). The normalized spacial score (nSPS) is 12.2. The van der Waals surface area contributed by atoms with E-state index < -0.39 is 5.82 Å². The van der Waals surface area contributed by atoms with Crippen molar-refractivity contribution in [1.82, 2.24) is 10.6 Å². The minimum Gasteiger partial charge on any atom is -0.505 e. The Morgan fingerprint density at radius 3 is 2.71 bits per heavy atom. The summed E-state index contributed by atoms with van der Waals surface area (Å²) in [5, 5.41) is 17.9. The quantitative estimate of drug-likeness (QED) is 0.551. The van der Waals surface area contributed by atoms with E-state index in [2.05, 4.69) is 47.0 Å². The molecule has 3 N–H and O–H groups in total. The van der Waals surface area contributed by atoms with Gasteiger partial charge in [0.15, 0.2) is 17.5 Å². The highest BCUT2D eigenvalue weighted by molar-refractivity contribution is 7.10. The van der Waals surface area contributed by atoms with E-state index in [1.54, 1.807) is 17.4 Å². The van der Waals surface area contributed by atoms with E-state index in [1.807, 2.05) is 6.92 Å². The highest BCUT2D eigenvalue weighted by atomic mass is 32.1. The molecule has 0 aliphatic carbocycles. The minimum atomic E-state index is -0.625. The maximum absolute atomic E-state index is 13.4. The molecule has 6 heteroatoms. The van der Waals surface area contributed by atoms with Crippen molar-refractivity contribution in [2.75, 3.05) is 13.1 Å². The SMILES string of the molecule is CCNC(=NCc1ccc(O)c(F)c1)NCC(C)(C)c1cccs1. The fourth-order valence-electron chi connectivity index (χ4n) is 2.22. The summed E-state index contributed by atoms with van der Waals surface area (Å²) in [7, 11) is 0. The Bertz CT molecular complexity index is 684. The highest BCUT2D eigenvalue weighted by Crippen LogP contribution is 2.26. The molecule has 24 heavy (non-hydrogen) atoms. The molecule has 4 nitrogen and oxygen atoms in total. The molecule has 0 amide bonds. The number of thiophene rings is 1. The number of hydrogen-bond donors (Lipinski definition) is 3. The van der Waals surface area contributed by atoms with E-state index in [9.17, 15) is 9.50 Å². The molecule has 0 bridgehead atoms. The zero-order chi connectivity index (χ0) is 17.6. The summed E-state index contributed by atoms with van der Waals surface area (Å²) in [6.45, 7) is 8.20. The number of nitrogens with zero attached hydrogens (tertiary/aromatic N) is 1. The van der Waals surface area contributed by atoms with Crippen molar-refractivity contribution in [3.8, 4) is 5.75 Å². The van der Waals surface area contributed by atoms with Crippen LogP contribution in [0.5, 0.6) is 5.75 Å². The van der Waals surface area contributed by atoms with Gasteiger partial charge in [0.05, 0.1) is 6.54 Å². The van der Waals surface area contributed by atoms with Crippen LogP contribution in [-0.2, 0) is 12.0 Å². The van der Waals surface area contributed by atoms with Crippen LogP contribution in [0.15, 0.2) is 40.7 Å². The van der Waals surface area contributed by atoms with Crippen LogP contribution in [0, 0.1) is 5.82 Å². The van der Waals surface area contributed by atoms with Gasteiger partial charge < -0.3 is 15.7 Å². The zero-order valence-electron chi connectivity index (χ0n) is 14.3. The Kier molecular flexibility index (Phi) is 6.20. The lowest BCUT2D eigenvalue weighted by molar-refractivity contribution is 0.432. The third kappa shape index (κ3) is 4.96. The van der Waals surface area contributed by atoms with Crippen molar-refractivity contribution < 1.29 is 9.50 Å². The average Bonchev–Trinajstić information content (AvgIpc) is 3.09. The van der Waals surface area contributed by atoms with Gasteiger partial charge in [-0.2, -0.15) is 0 Å². The second-order valence-electron chi connectivity index (χ2n) is 6.20. The van der Waals surface area contributed by atoms with Gasteiger partial charge >= 0.3 is 0 Å². The van der Waals surface area contributed by atoms with E-state index in [-0.39, 0.29) is 11.2 Å². The lowest BCUT2D eigenvalue weighted by Crippen LogP contribution is -2.43. The number of aromatic hydroxyl groups is 1. The maximum Gasteiger partial charge on any atom is 0.191 e. The van der Waals surface area contributed by atoms with Crippen LogP contribution >= 0.6 is 11.3 Å². The highest BCUT2D eigenvalue weighted by Gasteiger charge is 2.21. The number of benzene rings is 1. The molecule has 130 valence electrons. The average molecular weight is 349 g/mol. The van der Waals surface area contributed by atoms with Crippen LogP contribution < -0.4 is 10.6 Å². The van der Waals surface area contributed by atoms with Crippen LogP contribution in [0.2, 0.25) is 0 Å². The van der Waals surface area contributed by atoms with Crippen LogP contribution in [0.1, 0.15) is 31.2 Å². The van der Waals surface area contributed by atoms with Crippen molar-refractivity contribution in [2.45, 2.75) is 32.7 Å². The van der Waals surface area contributed by atoms with Gasteiger partial charge in [-0.15, -0.1) is 11.3 Å². The Balaban J connectivity index is 2.01. The summed E-state index contributed by atoms with van der Waals surface area (Å²) < 4.78 is 13.4. The number of nitrogens with one attached hydrogen (secondary N) is 2. The molecule has 0 saturated heterocycles. The molecular formula is C18H24FN3OS. The molecular weight excluding hydrogens is 325 g/mol. The summed E-state index contributed by atoms with van der Waals surface area (Å²) >= 11 is 1.74. The molecule has 0 aliphatic heterocycles. The smallest absolute Gasteiger partial charge is 0.191 e. The van der Waals surface area contributed by atoms with E-state index in [1.165, 1.54) is 17.0 Å². The van der Waals surface area contributed by atoms with Gasteiger partial charge in [0.25, 0.3) is 0 Å². The fourth-order valence-corrected chi connectivity index (χ4v) is 3.07. The van der Waals surface area contributed by atoms with E-state index in [4.69, 9.17) is 0 Å². The third-order valence-corrected chi connectivity index (χ3v) is 4.90. The molecule has 0 unspecified atom stereocenters. The predicted molar refractivity (Wildman–Crippen MR) is 98.2 cm³/mol. The van der Waals surface area contributed by atoms with Crippen LogP contribution in [0.4, 0.5) is 4.39 Å². The molecule has 0 aliphatic rings. The van der Waals surface area contributed by atoms with Crippen LogP contribution in [-0.4, -0.2) is 24.2 Å². The number of phenolic OH excluding ortho intramolecular Hbond substituents is 1. The first-order valence-electron chi connectivity index (χ1n) is 7.96. The molecule has 2 aromatic rings. The van der Waals surface area contributed by atoms with Crippen molar-refractivity contribution >= 4 is 17.3 Å². The van der Waals surface area contributed by atoms with Crippen molar-refractivity contribution in [3.05, 3.63) is 52.0 Å². The molecule has 0 fully saturated rings. The first-order chi connectivity index (χ1) is 11.4. The summed E-state index contributed by atoms with van der Waals surface area (Å²) in [6, 6.07) is 8.51. The van der Waals surface area contributed by atoms with Gasteiger partial charge in [0.2, 0.25) is 0 Å². The van der Waals surface area contributed by atoms with Gasteiger partial charge in [-0.3, -0.25) is 0 Å². The number of hydrogen-bond acceptors (Lipinski definition) is 3.